The van der Waals surface area contributed by atoms with Crippen molar-refractivity contribution >= 4 is 22.6 Å². The number of nitrogens with one attached hydrogen (secondary N) is 3. The van der Waals surface area contributed by atoms with Crippen LogP contribution in [-0.2, 0) is 17.6 Å². The van der Waals surface area contributed by atoms with Crippen LogP contribution in [0.2, 0.25) is 0 Å². The van der Waals surface area contributed by atoms with E-state index in [1.54, 1.807) is 12.3 Å². The fraction of sp³-hybridized carbons (Fsp3) is 0.222. The van der Waals surface area contributed by atoms with E-state index in [0.717, 1.165) is 22.2 Å². The minimum absolute atomic E-state index is 0.183. The summed E-state index contributed by atoms with van der Waals surface area (Å²) >= 11 is 0. The molecule has 0 radical (unpaired) electrons. The normalized spacial score (nSPS) is 16.4. The third-order valence-electron chi connectivity index (χ3n) is 4.55. The lowest BCUT2D eigenvalue weighted by Gasteiger charge is -2.23. The second-order valence-electron chi connectivity index (χ2n) is 6.19. The molecule has 2 aromatic heterocycles. The van der Waals surface area contributed by atoms with Crippen molar-refractivity contribution < 1.29 is 9.59 Å². The van der Waals surface area contributed by atoms with E-state index in [1.165, 1.54) is 6.07 Å². The molecule has 4 rings (SSSR count). The first-order valence-electron chi connectivity index (χ1n) is 8.10. The lowest BCUT2D eigenvalue weighted by atomic mass is 9.92. The average molecular weight is 336 g/mol. The number of hydrogen-bond donors (Lipinski definition) is 3. The quantitative estimate of drug-likeness (QED) is 0.492. The Labute approximate surface area is 142 Å². The Kier molecular flexibility index (Phi) is 3.68. The van der Waals surface area contributed by atoms with Gasteiger partial charge in [-0.3, -0.25) is 14.4 Å². The van der Waals surface area contributed by atoms with Crippen LogP contribution in [0.15, 0.2) is 41.3 Å². The molecule has 1 aromatic carbocycles. The number of fused-ring (bicyclic) bond motifs is 2. The number of H-pyrrole nitrogens is 2. The summed E-state index contributed by atoms with van der Waals surface area (Å²) in [4.78, 5) is 39.3. The number of ketones is 1. The standard InChI is InChI=1S/C18H16N4O3/c23-16-8-10-7-11(5-6-14(10)21-22-16)20-18(25)17(24)13-9-19-15-4-2-1-3-12(13)15/h1-4,8-9,11,19H,5-7H2,(H,20,25)(H,22,23). The molecule has 0 aliphatic heterocycles. The van der Waals surface area contributed by atoms with Gasteiger partial charge in [-0.2, -0.15) is 5.10 Å². The van der Waals surface area contributed by atoms with Gasteiger partial charge >= 0.3 is 0 Å². The maximum absolute atomic E-state index is 12.5. The van der Waals surface area contributed by atoms with Crippen molar-refractivity contribution in [3.8, 4) is 0 Å². The largest absolute Gasteiger partial charge is 0.360 e. The molecule has 0 fully saturated rings. The number of aromatic nitrogens is 3. The molecular formula is C18H16N4O3. The third kappa shape index (κ3) is 2.84. The van der Waals surface area contributed by atoms with Crippen LogP contribution in [0.25, 0.3) is 10.9 Å². The number of aryl methyl sites for hydroxylation is 1. The van der Waals surface area contributed by atoms with Crippen molar-refractivity contribution in [1.82, 2.24) is 20.5 Å². The highest BCUT2D eigenvalue weighted by molar-refractivity contribution is 6.45. The van der Waals surface area contributed by atoms with Crippen molar-refractivity contribution in [3.63, 3.8) is 0 Å². The van der Waals surface area contributed by atoms with Gasteiger partial charge in [0.15, 0.2) is 0 Å². The summed E-state index contributed by atoms with van der Waals surface area (Å²) in [6, 6.07) is 8.67. The number of benzene rings is 1. The summed E-state index contributed by atoms with van der Waals surface area (Å²) < 4.78 is 0. The molecule has 1 amide bonds. The van der Waals surface area contributed by atoms with Crippen molar-refractivity contribution in [1.29, 1.82) is 0 Å². The molecule has 3 aromatic rings. The van der Waals surface area contributed by atoms with Gasteiger partial charge in [-0.25, -0.2) is 5.10 Å². The maximum atomic E-state index is 12.5. The second kappa shape index (κ2) is 6.01. The highest BCUT2D eigenvalue weighted by atomic mass is 16.2. The predicted molar refractivity (Wildman–Crippen MR) is 91.4 cm³/mol. The van der Waals surface area contributed by atoms with Gasteiger partial charge in [0.2, 0.25) is 0 Å². The van der Waals surface area contributed by atoms with Crippen molar-refractivity contribution in [2.24, 2.45) is 0 Å². The summed E-state index contributed by atoms with van der Waals surface area (Å²) in [6.45, 7) is 0. The molecule has 0 bridgehead atoms. The van der Waals surface area contributed by atoms with Crippen molar-refractivity contribution in [3.05, 3.63) is 63.7 Å². The number of rotatable bonds is 3. The zero-order valence-corrected chi connectivity index (χ0v) is 13.3. The Morgan fingerprint density at radius 2 is 2.08 bits per heavy atom. The Balaban J connectivity index is 1.50. The summed E-state index contributed by atoms with van der Waals surface area (Å²) in [5.41, 5.74) is 2.58. The molecule has 1 aliphatic rings. The predicted octanol–water partition coefficient (Wildman–Crippen LogP) is 1.11. The summed E-state index contributed by atoms with van der Waals surface area (Å²) in [5.74, 6) is -1.19. The maximum Gasteiger partial charge on any atom is 0.292 e. The highest BCUT2D eigenvalue weighted by Crippen LogP contribution is 2.20. The van der Waals surface area contributed by atoms with Gasteiger partial charge in [0.1, 0.15) is 0 Å². The number of carbonyl (C=O) groups excluding carboxylic acids is 2. The van der Waals surface area contributed by atoms with Gasteiger partial charge in [-0.05, 0) is 30.9 Å². The fourth-order valence-electron chi connectivity index (χ4n) is 3.30. The highest BCUT2D eigenvalue weighted by Gasteiger charge is 2.26. The van der Waals surface area contributed by atoms with E-state index >= 15 is 0 Å². The first-order valence-corrected chi connectivity index (χ1v) is 8.10. The van der Waals surface area contributed by atoms with Crippen LogP contribution in [0.1, 0.15) is 28.0 Å². The first kappa shape index (κ1) is 15.3. The number of aromatic amines is 2. The number of hydrogen-bond acceptors (Lipinski definition) is 4. The van der Waals surface area contributed by atoms with Crippen molar-refractivity contribution in [2.45, 2.75) is 25.3 Å². The molecule has 0 saturated carbocycles. The van der Waals surface area contributed by atoms with Crippen LogP contribution >= 0.6 is 0 Å². The van der Waals surface area contributed by atoms with E-state index in [1.807, 2.05) is 18.2 Å². The van der Waals surface area contributed by atoms with Gasteiger partial charge in [0.25, 0.3) is 17.2 Å². The van der Waals surface area contributed by atoms with Gasteiger partial charge in [0.05, 0.1) is 11.3 Å². The Morgan fingerprint density at radius 3 is 2.96 bits per heavy atom. The van der Waals surface area contributed by atoms with Crippen LogP contribution in [0.3, 0.4) is 0 Å². The average Bonchev–Trinajstić information content (AvgIpc) is 3.04. The molecular weight excluding hydrogens is 320 g/mol. The molecule has 3 N–H and O–H groups in total. The van der Waals surface area contributed by atoms with E-state index < -0.39 is 11.7 Å². The van der Waals surface area contributed by atoms with Gasteiger partial charge in [-0.1, -0.05) is 18.2 Å². The molecule has 2 heterocycles. The van der Waals surface area contributed by atoms with E-state index in [9.17, 15) is 14.4 Å². The first-order chi connectivity index (χ1) is 12.1. The second-order valence-corrected chi connectivity index (χ2v) is 6.19. The molecule has 7 heteroatoms. The minimum Gasteiger partial charge on any atom is -0.360 e. The molecule has 7 nitrogen and oxygen atoms in total. The van der Waals surface area contributed by atoms with Crippen LogP contribution in [0.5, 0.6) is 0 Å². The number of carbonyl (C=O) groups is 2. The molecule has 126 valence electrons. The monoisotopic (exact) mass is 336 g/mol. The minimum atomic E-state index is -0.629. The van der Waals surface area contributed by atoms with Gasteiger partial charge in [-0.15, -0.1) is 0 Å². The molecule has 0 spiro atoms. The summed E-state index contributed by atoms with van der Waals surface area (Å²) in [6.07, 6.45) is 3.39. The van der Waals surface area contributed by atoms with Gasteiger partial charge < -0.3 is 10.3 Å². The van der Waals surface area contributed by atoms with E-state index in [4.69, 9.17) is 0 Å². The van der Waals surface area contributed by atoms with E-state index in [0.29, 0.717) is 24.8 Å². The Morgan fingerprint density at radius 1 is 1.24 bits per heavy atom. The molecule has 25 heavy (non-hydrogen) atoms. The number of amides is 1. The molecule has 1 unspecified atom stereocenters. The van der Waals surface area contributed by atoms with Crippen LogP contribution in [0.4, 0.5) is 0 Å². The third-order valence-corrected chi connectivity index (χ3v) is 4.55. The summed E-state index contributed by atoms with van der Waals surface area (Å²) in [5, 5.41) is 9.96. The number of nitrogens with zero attached hydrogens (tertiary/aromatic N) is 1. The SMILES string of the molecule is O=C(NC1CCc2n[nH]c(=O)cc2C1)C(=O)c1c[nH]c2ccccc12. The van der Waals surface area contributed by atoms with E-state index in [2.05, 4.69) is 20.5 Å². The lowest BCUT2D eigenvalue weighted by molar-refractivity contribution is -0.117. The fourth-order valence-corrected chi connectivity index (χ4v) is 3.30. The molecule has 0 saturated heterocycles. The van der Waals surface area contributed by atoms with Gasteiger partial charge in [0, 0.05) is 29.2 Å². The topological polar surface area (TPSA) is 108 Å². The zero-order valence-electron chi connectivity index (χ0n) is 13.3. The summed E-state index contributed by atoms with van der Waals surface area (Å²) in [7, 11) is 0. The van der Waals surface area contributed by atoms with Crippen molar-refractivity contribution in [2.75, 3.05) is 0 Å². The number of Topliss-reactive ketones (excluding diaryl/α,β-unsaturated/α-hetero) is 1. The van der Waals surface area contributed by atoms with Crippen LogP contribution in [-0.4, -0.2) is 32.9 Å². The number of para-hydroxylation sites is 1. The molecule has 1 aliphatic carbocycles. The smallest absolute Gasteiger partial charge is 0.292 e. The van der Waals surface area contributed by atoms with Crippen LogP contribution < -0.4 is 10.9 Å². The Bertz CT molecular complexity index is 1030. The van der Waals surface area contributed by atoms with Crippen LogP contribution in [0, 0.1) is 0 Å². The zero-order chi connectivity index (χ0) is 17.4. The molecule has 1 atom stereocenters. The lowest BCUT2D eigenvalue weighted by Crippen LogP contribution is -2.42. The van der Waals surface area contributed by atoms with E-state index in [-0.39, 0.29) is 11.6 Å². The Hall–Kier alpha value is -3.22.